The van der Waals surface area contributed by atoms with Crippen LogP contribution in [0, 0.1) is 0 Å². The summed E-state index contributed by atoms with van der Waals surface area (Å²) in [5.74, 6) is 0. The molecule has 4 nitrogen and oxygen atoms in total. The van der Waals surface area contributed by atoms with E-state index >= 15 is 0 Å². The smallest absolute Gasteiger partial charge is 0.151 e. The Bertz CT molecular complexity index is 114. The molecule has 1 heterocycles. The maximum atomic E-state index is 9.88. The maximum Gasteiger partial charge on any atom is 0.151 e. The fourth-order valence-electron chi connectivity index (χ4n) is 0.659. The number of carbonyl (C=O) groups is 1. The lowest BCUT2D eigenvalue weighted by molar-refractivity contribution is -0.108. The van der Waals surface area contributed by atoms with E-state index in [0.29, 0.717) is 6.29 Å². The Hall–Kier alpha value is -0.450. The van der Waals surface area contributed by atoms with Crippen molar-refractivity contribution in [2.45, 2.75) is 18.3 Å². The van der Waals surface area contributed by atoms with E-state index in [4.69, 9.17) is 10.2 Å². The van der Waals surface area contributed by atoms with Gasteiger partial charge in [-0.3, -0.25) is 0 Å². The quantitative estimate of drug-likeness (QED) is 0.355. The highest BCUT2D eigenvalue weighted by Crippen LogP contribution is 2.22. The number of ether oxygens (including phenoxy) is 1. The summed E-state index contributed by atoms with van der Waals surface area (Å²) < 4.78 is 4.64. The molecule has 0 aromatic carbocycles. The van der Waals surface area contributed by atoms with Gasteiger partial charge in [-0.25, -0.2) is 0 Å². The molecule has 1 aliphatic rings. The van der Waals surface area contributed by atoms with Crippen LogP contribution in [0.5, 0.6) is 0 Å². The summed E-state index contributed by atoms with van der Waals surface area (Å²) in [7, 11) is 0. The van der Waals surface area contributed by atoms with Crippen LogP contribution in [0.1, 0.15) is 0 Å². The van der Waals surface area contributed by atoms with Crippen molar-refractivity contribution in [3.05, 3.63) is 0 Å². The Labute approximate surface area is 52.1 Å². The number of aldehydes is 1. The summed E-state index contributed by atoms with van der Waals surface area (Å²) in [6, 6.07) is 0. The normalized spacial score (nSPS) is 35.8. The Morgan fingerprint density at radius 3 is 2.78 bits per heavy atom. The van der Waals surface area contributed by atoms with Gasteiger partial charge in [0, 0.05) is 0 Å². The Morgan fingerprint density at radius 2 is 2.44 bits per heavy atom. The van der Waals surface area contributed by atoms with E-state index in [9.17, 15) is 4.79 Å². The van der Waals surface area contributed by atoms with Gasteiger partial charge in [-0.1, -0.05) is 0 Å². The molecule has 0 bridgehead atoms. The standard InChI is InChI=1S/C5H8O4/c6-1-3(8)5-4(2-7)9-5/h2-6,8H,1H2/t3-,4-,5+/m1/s1. The first kappa shape index (κ1) is 6.67. The molecule has 0 unspecified atom stereocenters. The molecule has 0 radical (unpaired) electrons. The summed E-state index contributed by atoms with van der Waals surface area (Å²) in [4.78, 5) is 9.88. The number of rotatable bonds is 3. The van der Waals surface area contributed by atoms with E-state index in [2.05, 4.69) is 4.74 Å². The molecule has 2 N–H and O–H groups in total. The van der Waals surface area contributed by atoms with Gasteiger partial charge in [0.2, 0.25) is 0 Å². The molecule has 1 aliphatic heterocycles. The molecule has 0 aliphatic carbocycles. The third-order valence-electron chi connectivity index (χ3n) is 1.26. The van der Waals surface area contributed by atoms with Gasteiger partial charge in [0.15, 0.2) is 6.29 Å². The van der Waals surface area contributed by atoms with Gasteiger partial charge in [0.25, 0.3) is 0 Å². The molecule has 52 valence electrons. The summed E-state index contributed by atoms with van der Waals surface area (Å²) in [5.41, 5.74) is 0. The predicted octanol–water partition coefficient (Wildman–Crippen LogP) is -1.69. The molecule has 0 aromatic heterocycles. The van der Waals surface area contributed by atoms with Crippen LogP contribution >= 0.6 is 0 Å². The van der Waals surface area contributed by atoms with Gasteiger partial charge in [0.1, 0.15) is 18.3 Å². The molecule has 0 saturated carbocycles. The van der Waals surface area contributed by atoms with Gasteiger partial charge in [-0.05, 0) is 0 Å². The number of epoxide rings is 1. The molecule has 0 amide bonds. The molecular weight excluding hydrogens is 124 g/mol. The SMILES string of the molecule is O=C[C@H]1O[C@H]1[C@H](O)CO. The first-order valence-corrected chi connectivity index (χ1v) is 2.69. The van der Waals surface area contributed by atoms with Crippen molar-refractivity contribution in [2.24, 2.45) is 0 Å². The highest BCUT2D eigenvalue weighted by molar-refractivity contribution is 5.60. The molecule has 1 fully saturated rings. The predicted molar refractivity (Wildman–Crippen MR) is 27.8 cm³/mol. The fraction of sp³-hybridized carbons (Fsp3) is 0.800. The average Bonchev–Trinajstić information content (AvgIpc) is 2.64. The van der Waals surface area contributed by atoms with E-state index in [-0.39, 0.29) is 6.61 Å². The third kappa shape index (κ3) is 1.27. The van der Waals surface area contributed by atoms with Crippen molar-refractivity contribution < 1.29 is 19.7 Å². The van der Waals surface area contributed by atoms with Crippen molar-refractivity contribution in [1.29, 1.82) is 0 Å². The number of hydrogen-bond acceptors (Lipinski definition) is 4. The maximum absolute atomic E-state index is 9.88. The van der Waals surface area contributed by atoms with Crippen molar-refractivity contribution >= 4 is 6.29 Å². The molecule has 1 saturated heterocycles. The van der Waals surface area contributed by atoms with Crippen LogP contribution in [-0.2, 0) is 9.53 Å². The Kier molecular flexibility index (Phi) is 1.80. The summed E-state index contributed by atoms with van der Waals surface area (Å²) in [5, 5.41) is 17.1. The van der Waals surface area contributed by atoms with E-state index < -0.39 is 18.3 Å². The van der Waals surface area contributed by atoms with Gasteiger partial charge in [-0.15, -0.1) is 0 Å². The third-order valence-corrected chi connectivity index (χ3v) is 1.26. The van der Waals surface area contributed by atoms with Crippen LogP contribution in [0.2, 0.25) is 0 Å². The van der Waals surface area contributed by atoms with Gasteiger partial charge in [-0.2, -0.15) is 0 Å². The van der Waals surface area contributed by atoms with E-state index in [1.807, 2.05) is 0 Å². The monoisotopic (exact) mass is 132 g/mol. The van der Waals surface area contributed by atoms with Crippen LogP contribution < -0.4 is 0 Å². The number of aliphatic hydroxyl groups excluding tert-OH is 2. The van der Waals surface area contributed by atoms with Crippen LogP contribution in [0.4, 0.5) is 0 Å². The van der Waals surface area contributed by atoms with Crippen molar-refractivity contribution in [3.8, 4) is 0 Å². The van der Waals surface area contributed by atoms with E-state index in [0.717, 1.165) is 0 Å². The van der Waals surface area contributed by atoms with Crippen LogP contribution in [0.3, 0.4) is 0 Å². The minimum Gasteiger partial charge on any atom is -0.394 e. The second-order valence-corrected chi connectivity index (χ2v) is 1.95. The lowest BCUT2D eigenvalue weighted by Gasteiger charge is -1.98. The number of carbonyl (C=O) groups excluding carboxylic acids is 1. The summed E-state index contributed by atoms with van der Waals surface area (Å²) >= 11 is 0. The summed E-state index contributed by atoms with van der Waals surface area (Å²) in [6.07, 6.45) is -1.25. The largest absolute Gasteiger partial charge is 0.394 e. The first-order chi connectivity index (χ1) is 4.29. The molecule has 0 spiro atoms. The number of aliphatic hydroxyl groups is 2. The topological polar surface area (TPSA) is 70.1 Å². The molecule has 4 heteroatoms. The first-order valence-electron chi connectivity index (χ1n) is 2.69. The van der Waals surface area contributed by atoms with Crippen LogP contribution in [-0.4, -0.2) is 41.4 Å². The van der Waals surface area contributed by atoms with Crippen LogP contribution in [0.15, 0.2) is 0 Å². The van der Waals surface area contributed by atoms with Gasteiger partial charge >= 0.3 is 0 Å². The van der Waals surface area contributed by atoms with Gasteiger partial charge in [0.05, 0.1) is 6.61 Å². The zero-order valence-corrected chi connectivity index (χ0v) is 4.73. The molecule has 1 rings (SSSR count). The Balaban J connectivity index is 2.24. The fourth-order valence-corrected chi connectivity index (χ4v) is 0.659. The lowest BCUT2D eigenvalue weighted by atomic mass is 10.2. The minimum atomic E-state index is -0.903. The zero-order valence-electron chi connectivity index (χ0n) is 4.73. The van der Waals surface area contributed by atoms with E-state index in [1.165, 1.54) is 0 Å². The second-order valence-electron chi connectivity index (χ2n) is 1.95. The Morgan fingerprint density at radius 1 is 1.78 bits per heavy atom. The lowest BCUT2D eigenvalue weighted by Crippen LogP contribution is -2.21. The second kappa shape index (κ2) is 2.43. The number of hydrogen-bond donors (Lipinski definition) is 2. The van der Waals surface area contributed by atoms with Gasteiger partial charge < -0.3 is 19.7 Å². The van der Waals surface area contributed by atoms with Crippen molar-refractivity contribution in [2.75, 3.05) is 6.61 Å². The highest BCUT2D eigenvalue weighted by Gasteiger charge is 2.43. The summed E-state index contributed by atoms with van der Waals surface area (Å²) in [6.45, 7) is -0.352. The molecule has 9 heavy (non-hydrogen) atoms. The van der Waals surface area contributed by atoms with E-state index in [1.54, 1.807) is 0 Å². The average molecular weight is 132 g/mol. The molecular formula is C5H8O4. The zero-order chi connectivity index (χ0) is 6.85. The van der Waals surface area contributed by atoms with Crippen molar-refractivity contribution in [1.82, 2.24) is 0 Å². The van der Waals surface area contributed by atoms with Crippen LogP contribution in [0.25, 0.3) is 0 Å². The van der Waals surface area contributed by atoms with Crippen molar-refractivity contribution in [3.63, 3.8) is 0 Å². The highest BCUT2D eigenvalue weighted by atomic mass is 16.6. The molecule has 0 aromatic rings. The molecule has 3 atom stereocenters. The minimum absolute atomic E-state index is 0.352.